The molecule has 0 saturated heterocycles. The minimum absolute atomic E-state index is 0.144. The Hall–Kier alpha value is -1.72. The molecule has 108 valence electrons. The Balaban J connectivity index is 1.83. The van der Waals surface area contributed by atoms with Crippen molar-refractivity contribution in [3.63, 3.8) is 0 Å². The first kappa shape index (κ1) is 14.2. The molecule has 2 aromatic carbocycles. The second kappa shape index (κ2) is 5.95. The Morgan fingerprint density at radius 3 is 2.90 bits per heavy atom. The molecule has 3 nitrogen and oxygen atoms in total. The molecule has 1 amide bonds. The highest BCUT2D eigenvalue weighted by molar-refractivity contribution is 9.10. The molecule has 21 heavy (non-hydrogen) atoms. The summed E-state index contributed by atoms with van der Waals surface area (Å²) < 4.78 is 13.6. The molecule has 2 aromatic rings. The van der Waals surface area contributed by atoms with E-state index in [4.69, 9.17) is 0 Å². The fraction of sp³-hybridized carbons (Fsp3) is 0.188. The van der Waals surface area contributed by atoms with Crippen LogP contribution in [0.1, 0.15) is 17.2 Å². The summed E-state index contributed by atoms with van der Waals surface area (Å²) in [5.41, 5.74) is 2.75. The maximum atomic E-state index is 13.1. The molecule has 5 heteroatoms. The standard InChI is InChI=1S/C16H14BrFN2O/c17-13-9-11(18)5-6-14(13)20-16(21)15-12-4-2-1-3-10(12)7-8-19-15/h1-6,9,15,19H,7-8H2,(H,20,21). The van der Waals surface area contributed by atoms with E-state index in [1.807, 2.05) is 24.3 Å². The quantitative estimate of drug-likeness (QED) is 0.873. The first-order chi connectivity index (χ1) is 10.1. The average Bonchev–Trinajstić information content (AvgIpc) is 2.49. The van der Waals surface area contributed by atoms with Crippen molar-refractivity contribution in [1.82, 2.24) is 5.32 Å². The predicted molar refractivity (Wildman–Crippen MR) is 83.6 cm³/mol. The lowest BCUT2D eigenvalue weighted by Crippen LogP contribution is -2.38. The normalized spacial score (nSPS) is 17.1. The first-order valence-electron chi connectivity index (χ1n) is 6.72. The number of carbonyl (C=O) groups excluding carboxylic acids is 1. The van der Waals surface area contributed by atoms with Gasteiger partial charge in [-0.15, -0.1) is 0 Å². The maximum Gasteiger partial charge on any atom is 0.246 e. The summed E-state index contributed by atoms with van der Waals surface area (Å²) in [6.45, 7) is 0.764. The monoisotopic (exact) mass is 348 g/mol. The molecule has 0 aliphatic carbocycles. The Morgan fingerprint density at radius 1 is 1.29 bits per heavy atom. The Morgan fingerprint density at radius 2 is 2.10 bits per heavy atom. The highest BCUT2D eigenvalue weighted by Crippen LogP contribution is 2.27. The molecule has 1 aliphatic rings. The van der Waals surface area contributed by atoms with Gasteiger partial charge in [0.15, 0.2) is 0 Å². The van der Waals surface area contributed by atoms with Crippen LogP contribution in [0.25, 0.3) is 0 Å². The fourth-order valence-corrected chi connectivity index (χ4v) is 2.98. The molecule has 1 atom stereocenters. The van der Waals surface area contributed by atoms with Crippen LogP contribution >= 0.6 is 15.9 Å². The van der Waals surface area contributed by atoms with Crippen molar-refractivity contribution in [3.8, 4) is 0 Å². The lowest BCUT2D eigenvalue weighted by molar-refractivity contribution is -0.118. The number of halogens is 2. The summed E-state index contributed by atoms with van der Waals surface area (Å²) in [5, 5.41) is 6.06. The van der Waals surface area contributed by atoms with Crippen LogP contribution in [0.2, 0.25) is 0 Å². The van der Waals surface area contributed by atoms with Crippen molar-refractivity contribution >= 4 is 27.5 Å². The summed E-state index contributed by atoms with van der Waals surface area (Å²) in [7, 11) is 0. The molecule has 0 radical (unpaired) electrons. The minimum Gasteiger partial charge on any atom is -0.323 e. The fourth-order valence-electron chi connectivity index (χ4n) is 2.53. The lowest BCUT2D eigenvalue weighted by atomic mass is 9.94. The van der Waals surface area contributed by atoms with Crippen LogP contribution in [-0.4, -0.2) is 12.5 Å². The van der Waals surface area contributed by atoms with E-state index in [2.05, 4.69) is 26.6 Å². The first-order valence-corrected chi connectivity index (χ1v) is 7.51. The minimum atomic E-state index is -0.382. The van der Waals surface area contributed by atoms with Crippen LogP contribution in [-0.2, 0) is 11.2 Å². The lowest BCUT2D eigenvalue weighted by Gasteiger charge is -2.26. The molecule has 0 spiro atoms. The zero-order valence-electron chi connectivity index (χ0n) is 11.2. The van der Waals surface area contributed by atoms with E-state index < -0.39 is 0 Å². The number of benzene rings is 2. The van der Waals surface area contributed by atoms with Crippen molar-refractivity contribution in [2.24, 2.45) is 0 Å². The van der Waals surface area contributed by atoms with Crippen LogP contribution < -0.4 is 10.6 Å². The molecule has 0 fully saturated rings. The second-order valence-electron chi connectivity index (χ2n) is 4.95. The van der Waals surface area contributed by atoms with Gasteiger partial charge >= 0.3 is 0 Å². The summed E-state index contributed by atoms with van der Waals surface area (Å²) in [5.74, 6) is -0.490. The van der Waals surface area contributed by atoms with E-state index in [-0.39, 0.29) is 17.8 Å². The van der Waals surface area contributed by atoms with Gasteiger partial charge in [-0.2, -0.15) is 0 Å². The molecule has 0 aromatic heterocycles. The molecule has 0 bridgehead atoms. The van der Waals surface area contributed by atoms with Gasteiger partial charge in [0.25, 0.3) is 0 Å². The SMILES string of the molecule is O=C(Nc1ccc(F)cc1Br)C1NCCc2ccccc21. The molecule has 1 aliphatic heterocycles. The number of fused-ring (bicyclic) bond motifs is 1. The Labute approximate surface area is 130 Å². The zero-order valence-corrected chi connectivity index (χ0v) is 12.8. The third-order valence-corrected chi connectivity index (χ3v) is 4.22. The van der Waals surface area contributed by atoms with Crippen LogP contribution in [0, 0.1) is 5.82 Å². The topological polar surface area (TPSA) is 41.1 Å². The Bertz CT molecular complexity index is 690. The van der Waals surface area contributed by atoms with E-state index in [9.17, 15) is 9.18 Å². The summed E-state index contributed by atoms with van der Waals surface area (Å²) in [6.07, 6.45) is 0.917. The van der Waals surface area contributed by atoms with Crippen molar-refractivity contribution in [2.45, 2.75) is 12.5 Å². The van der Waals surface area contributed by atoms with Crippen molar-refractivity contribution in [2.75, 3.05) is 11.9 Å². The number of anilines is 1. The largest absolute Gasteiger partial charge is 0.323 e. The van der Waals surface area contributed by atoms with E-state index >= 15 is 0 Å². The van der Waals surface area contributed by atoms with Crippen molar-refractivity contribution in [1.29, 1.82) is 0 Å². The van der Waals surface area contributed by atoms with Crippen LogP contribution in [0.4, 0.5) is 10.1 Å². The summed E-state index contributed by atoms with van der Waals surface area (Å²) >= 11 is 3.26. The van der Waals surface area contributed by atoms with Crippen molar-refractivity contribution < 1.29 is 9.18 Å². The Kier molecular flexibility index (Phi) is 4.03. The molecular formula is C16H14BrFN2O. The average molecular weight is 349 g/mol. The molecule has 3 rings (SSSR count). The zero-order chi connectivity index (χ0) is 14.8. The number of nitrogens with one attached hydrogen (secondary N) is 2. The highest BCUT2D eigenvalue weighted by Gasteiger charge is 2.26. The summed E-state index contributed by atoms with van der Waals surface area (Å²) in [6, 6.07) is 11.7. The van der Waals surface area contributed by atoms with Gasteiger partial charge in [0.2, 0.25) is 5.91 Å². The molecule has 0 saturated carbocycles. The third kappa shape index (κ3) is 2.99. The van der Waals surface area contributed by atoms with E-state index in [1.165, 1.54) is 17.7 Å². The van der Waals surface area contributed by atoms with Gasteiger partial charge in [0, 0.05) is 11.0 Å². The predicted octanol–water partition coefficient (Wildman–Crippen LogP) is 3.41. The van der Waals surface area contributed by atoms with Crippen molar-refractivity contribution in [3.05, 3.63) is 63.9 Å². The third-order valence-electron chi connectivity index (χ3n) is 3.56. The number of hydrogen-bond donors (Lipinski definition) is 2. The van der Waals surface area contributed by atoms with Gasteiger partial charge in [-0.25, -0.2) is 4.39 Å². The number of rotatable bonds is 2. The van der Waals surface area contributed by atoms with Crippen LogP contribution in [0.3, 0.4) is 0 Å². The highest BCUT2D eigenvalue weighted by atomic mass is 79.9. The number of hydrogen-bond acceptors (Lipinski definition) is 2. The van der Waals surface area contributed by atoms with Gasteiger partial charge in [-0.1, -0.05) is 24.3 Å². The summed E-state index contributed by atoms with van der Waals surface area (Å²) in [4.78, 5) is 12.5. The van der Waals surface area contributed by atoms with Crippen LogP contribution in [0.15, 0.2) is 46.9 Å². The number of carbonyl (C=O) groups is 1. The van der Waals surface area contributed by atoms with E-state index in [0.29, 0.717) is 10.2 Å². The molecule has 2 N–H and O–H groups in total. The number of amides is 1. The second-order valence-corrected chi connectivity index (χ2v) is 5.80. The van der Waals surface area contributed by atoms with Gasteiger partial charge in [0.1, 0.15) is 11.9 Å². The van der Waals surface area contributed by atoms with Crippen LogP contribution in [0.5, 0.6) is 0 Å². The smallest absolute Gasteiger partial charge is 0.246 e. The van der Waals surface area contributed by atoms with Gasteiger partial charge in [0.05, 0.1) is 5.69 Å². The van der Waals surface area contributed by atoms with Gasteiger partial charge in [-0.3, -0.25) is 4.79 Å². The van der Waals surface area contributed by atoms with E-state index in [1.54, 1.807) is 6.07 Å². The molecule has 1 heterocycles. The maximum absolute atomic E-state index is 13.1. The van der Waals surface area contributed by atoms with Gasteiger partial charge < -0.3 is 10.6 Å². The van der Waals surface area contributed by atoms with E-state index in [0.717, 1.165) is 18.5 Å². The molecular weight excluding hydrogens is 335 g/mol. The van der Waals surface area contributed by atoms with Gasteiger partial charge in [-0.05, 0) is 51.7 Å². The molecule has 1 unspecified atom stereocenters.